The molecule has 0 saturated carbocycles. The number of aliphatic hydroxyl groups is 1. The lowest BCUT2D eigenvalue weighted by Gasteiger charge is -2.47. The maximum Gasteiger partial charge on any atom is 0.410 e. The molecule has 2 aromatic heterocycles. The maximum atomic E-state index is 17.0. The number of alkyl halides is 1. The lowest BCUT2D eigenvalue weighted by atomic mass is 9.73. The number of aryl methyl sites for hydroxylation is 1. The van der Waals surface area contributed by atoms with Crippen LogP contribution in [0.3, 0.4) is 0 Å². The number of aromatic amines is 1. The maximum absolute atomic E-state index is 17.0. The first-order valence-corrected chi connectivity index (χ1v) is 22.3. The molecule has 3 saturated heterocycles. The smallest absolute Gasteiger partial charge is 0.410 e. The predicted molar refractivity (Wildman–Crippen MR) is 230 cm³/mol. The number of methoxy groups -OCH3 is 1. The molecule has 6 rings (SSSR count). The lowest BCUT2D eigenvalue weighted by molar-refractivity contribution is -0.295. The van der Waals surface area contributed by atoms with Crippen molar-refractivity contribution in [2.24, 2.45) is 17.8 Å². The Bertz CT molecular complexity index is 2110. The zero-order valence-electron chi connectivity index (χ0n) is 38.6. The number of unbranched alkanes of at least 4 members (excludes halogenated alkanes) is 1. The molecule has 0 radical (unpaired) electrons. The van der Waals surface area contributed by atoms with Crippen molar-refractivity contribution in [3.05, 3.63) is 47.9 Å². The number of amides is 1. The van der Waals surface area contributed by atoms with Crippen molar-refractivity contribution >= 4 is 34.5 Å². The second-order valence-corrected chi connectivity index (χ2v) is 18.8. The zero-order valence-corrected chi connectivity index (χ0v) is 38.6. The quantitative estimate of drug-likeness (QED) is 0.133. The van der Waals surface area contributed by atoms with Crippen LogP contribution in [-0.4, -0.2) is 146 Å². The van der Waals surface area contributed by atoms with Crippen LogP contribution in [0.15, 0.2) is 36.7 Å². The van der Waals surface area contributed by atoms with Crippen molar-refractivity contribution in [3.63, 3.8) is 0 Å². The molecule has 348 valence electrons. The van der Waals surface area contributed by atoms with E-state index in [2.05, 4.69) is 21.4 Å². The Kier molecular flexibility index (Phi) is 14.6. The number of rotatable bonds is 12. The third-order valence-electron chi connectivity index (χ3n) is 13.9. The van der Waals surface area contributed by atoms with Crippen molar-refractivity contribution < 1.29 is 52.4 Å². The van der Waals surface area contributed by atoms with Gasteiger partial charge in [-0.05, 0) is 85.5 Å². The van der Waals surface area contributed by atoms with Crippen LogP contribution in [0.25, 0.3) is 10.9 Å². The molecule has 13 atom stereocenters. The summed E-state index contributed by atoms with van der Waals surface area (Å²) in [6.07, 6.45) is 0.185. The Morgan fingerprint density at radius 3 is 2.41 bits per heavy atom. The number of carbonyl (C=O) groups is 4. The van der Waals surface area contributed by atoms with Gasteiger partial charge in [0.1, 0.15) is 18.0 Å². The molecule has 3 fully saturated rings. The number of hydrogen-bond donors (Lipinski definition) is 2. The van der Waals surface area contributed by atoms with Crippen molar-refractivity contribution in [2.45, 2.75) is 160 Å². The summed E-state index contributed by atoms with van der Waals surface area (Å²) < 4.78 is 49.4. The summed E-state index contributed by atoms with van der Waals surface area (Å²) in [6.45, 7) is 13.3. The van der Waals surface area contributed by atoms with Crippen LogP contribution in [0.1, 0.15) is 98.8 Å². The average molecular weight is 883 g/mol. The van der Waals surface area contributed by atoms with E-state index in [9.17, 15) is 24.3 Å². The highest BCUT2D eigenvalue weighted by Gasteiger charge is 2.61. The number of ether oxygens (including phenoxy) is 5. The Morgan fingerprint density at radius 2 is 1.73 bits per heavy atom. The van der Waals surface area contributed by atoms with Gasteiger partial charge >= 0.3 is 12.1 Å². The monoisotopic (exact) mass is 882 g/mol. The molecule has 5 heterocycles. The van der Waals surface area contributed by atoms with Gasteiger partial charge in [0, 0.05) is 73.7 Å². The van der Waals surface area contributed by atoms with E-state index < -0.39 is 83.1 Å². The first-order chi connectivity index (χ1) is 29.7. The van der Waals surface area contributed by atoms with E-state index in [1.807, 2.05) is 56.5 Å². The zero-order chi connectivity index (χ0) is 46.2. The van der Waals surface area contributed by atoms with E-state index in [1.165, 1.54) is 18.9 Å². The first kappa shape index (κ1) is 48.2. The SMILES string of the molecule is CC[C@H]1OC(=O)[C@@](C)(F)C(=O)[C@H](C)[C@@H](O[C@@H]2O[C@H](C)C[C@H](N(C)C)[C@H]2O)[C@@](C)(OC)C[C@@H](C)C(=O)[C@H](C)[C@H]2N(CCCCn3cc(Cc4c[nH]c5ccccc45)nn3)C(=O)O[C@]12C. The molecule has 2 N–H and O–H groups in total. The molecule has 0 bridgehead atoms. The molecule has 3 aromatic rings. The molecular weight excluding hydrogens is 816 g/mol. The fraction of sp³-hybridized carbons (Fsp3) is 0.696. The van der Waals surface area contributed by atoms with Crippen LogP contribution in [-0.2, 0) is 51.0 Å². The van der Waals surface area contributed by atoms with Crippen LogP contribution in [0.5, 0.6) is 0 Å². The fourth-order valence-corrected chi connectivity index (χ4v) is 10.3. The molecule has 17 heteroatoms. The normalized spacial score (nSPS) is 36.1. The summed E-state index contributed by atoms with van der Waals surface area (Å²) >= 11 is 0. The third kappa shape index (κ3) is 9.58. The number of aromatic nitrogens is 4. The minimum atomic E-state index is -3.18. The standard InChI is InChI=1S/C46H67FN6O10/c1-12-35-46(8)38(53(43(58)63-46)20-16-15-19-52-25-31(49-50-52)22-30-24-48-33-18-14-13-17-32(30)33)28(4)36(54)26(2)23-44(6,59-11)40(29(5)39(56)45(7,47)42(57)61-35)62-41-37(55)34(51(9)10)21-27(3)60-41/h13-14,17-18,24-29,34-35,37-38,40-41,48,55H,12,15-16,19-23H2,1-11H3/t26-,27-,28+,29+,34+,35-,37-,38-,40-,41+,44+,45+,46-/m1/s1. The van der Waals surface area contributed by atoms with Crippen molar-refractivity contribution in [2.75, 3.05) is 27.7 Å². The van der Waals surface area contributed by atoms with Crippen molar-refractivity contribution in [3.8, 4) is 0 Å². The van der Waals surface area contributed by atoms with Gasteiger partial charge in [-0.1, -0.05) is 51.1 Å². The first-order valence-electron chi connectivity index (χ1n) is 22.3. The second kappa shape index (κ2) is 19.0. The van der Waals surface area contributed by atoms with Crippen LogP contribution in [0.2, 0.25) is 0 Å². The van der Waals surface area contributed by atoms with Crippen LogP contribution in [0, 0.1) is 17.8 Å². The number of para-hydroxylation sites is 1. The van der Waals surface area contributed by atoms with Crippen molar-refractivity contribution in [1.82, 2.24) is 29.8 Å². The van der Waals surface area contributed by atoms with E-state index in [-0.39, 0.29) is 37.3 Å². The lowest BCUT2D eigenvalue weighted by Crippen LogP contribution is -2.61. The molecule has 16 nitrogen and oxygen atoms in total. The van der Waals surface area contributed by atoms with Gasteiger partial charge < -0.3 is 43.6 Å². The molecule has 0 aliphatic carbocycles. The highest BCUT2D eigenvalue weighted by Crippen LogP contribution is 2.44. The van der Waals surface area contributed by atoms with Gasteiger partial charge in [0.2, 0.25) is 0 Å². The number of cyclic esters (lactones) is 1. The number of likely N-dealkylation sites (N-methyl/N-ethyl adjacent to an activating group) is 1. The number of carbonyl (C=O) groups excluding carboxylic acids is 4. The number of H-pyrrole nitrogens is 1. The van der Waals surface area contributed by atoms with Gasteiger partial charge in [-0.2, -0.15) is 0 Å². The van der Waals surface area contributed by atoms with E-state index in [1.54, 1.807) is 39.3 Å². The van der Waals surface area contributed by atoms with Crippen LogP contribution >= 0.6 is 0 Å². The van der Waals surface area contributed by atoms with Gasteiger partial charge in [-0.15, -0.1) is 5.10 Å². The number of benzene rings is 1. The Morgan fingerprint density at radius 1 is 1.03 bits per heavy atom. The molecule has 3 aliphatic rings. The molecule has 0 spiro atoms. The minimum Gasteiger partial charge on any atom is -0.455 e. The number of nitrogens with zero attached hydrogens (tertiary/aromatic N) is 5. The molecule has 0 unspecified atom stereocenters. The Balaban J connectivity index is 1.25. The number of halogens is 1. The van der Waals surface area contributed by atoms with Crippen LogP contribution < -0.4 is 0 Å². The summed E-state index contributed by atoms with van der Waals surface area (Å²) in [4.78, 5) is 63.6. The van der Waals surface area contributed by atoms with Gasteiger partial charge in [-0.3, -0.25) is 14.3 Å². The van der Waals surface area contributed by atoms with Gasteiger partial charge in [0.25, 0.3) is 5.67 Å². The summed E-state index contributed by atoms with van der Waals surface area (Å²) in [5.74, 6) is -5.82. The number of nitrogens with one attached hydrogen (secondary N) is 1. The number of ketones is 2. The average Bonchev–Trinajstić information content (AvgIpc) is 3.95. The largest absolute Gasteiger partial charge is 0.455 e. The number of esters is 1. The third-order valence-corrected chi connectivity index (χ3v) is 13.9. The number of hydrogen-bond acceptors (Lipinski definition) is 13. The second-order valence-electron chi connectivity index (χ2n) is 18.8. The van der Waals surface area contributed by atoms with Gasteiger partial charge in [0.15, 0.2) is 17.7 Å². The fourth-order valence-electron chi connectivity index (χ4n) is 10.3. The van der Waals surface area contributed by atoms with Gasteiger partial charge in [-0.25, -0.2) is 14.0 Å². The molecule has 1 aromatic carbocycles. The van der Waals surface area contributed by atoms with E-state index in [0.29, 0.717) is 32.2 Å². The molecule has 63 heavy (non-hydrogen) atoms. The summed E-state index contributed by atoms with van der Waals surface area (Å²) in [7, 11) is 5.05. The van der Waals surface area contributed by atoms with Crippen molar-refractivity contribution in [1.29, 1.82) is 0 Å². The number of Topliss-reactive ketones (excluding diaryl/α,β-unsaturated/α-hetero) is 2. The minimum absolute atomic E-state index is 0.00642. The Labute approximate surface area is 369 Å². The molecule has 1 amide bonds. The van der Waals surface area contributed by atoms with Crippen LogP contribution in [0.4, 0.5) is 9.18 Å². The highest BCUT2D eigenvalue weighted by molar-refractivity contribution is 6.08. The summed E-state index contributed by atoms with van der Waals surface area (Å²) in [5, 5.41) is 21.3. The summed E-state index contributed by atoms with van der Waals surface area (Å²) in [5.41, 5.74) is -3.26. The van der Waals surface area contributed by atoms with Gasteiger partial charge in [0.05, 0.1) is 29.5 Å². The predicted octanol–water partition coefficient (Wildman–Crippen LogP) is 5.43. The molecule has 3 aliphatic heterocycles. The highest BCUT2D eigenvalue weighted by atomic mass is 19.1. The Hall–Kier alpha value is -4.29. The summed E-state index contributed by atoms with van der Waals surface area (Å²) in [6, 6.07) is 6.77. The van der Waals surface area contributed by atoms with E-state index in [0.717, 1.165) is 29.1 Å². The molecular formula is C46H67FN6O10. The topological polar surface area (TPSA) is 188 Å². The number of fused-ring (bicyclic) bond motifs is 2. The van der Waals surface area contributed by atoms with E-state index >= 15 is 4.39 Å². The van der Waals surface area contributed by atoms with E-state index in [4.69, 9.17) is 23.7 Å². The number of aliphatic hydroxyl groups excluding tert-OH is 1.